The van der Waals surface area contributed by atoms with Crippen LogP contribution < -0.4 is 0 Å². The van der Waals surface area contributed by atoms with Gasteiger partial charge in [0, 0.05) is 25.5 Å². The number of pyridine rings is 1. The molecule has 1 aliphatic heterocycles. The molecule has 1 aliphatic rings. The van der Waals surface area contributed by atoms with E-state index in [-0.39, 0.29) is 23.3 Å². The van der Waals surface area contributed by atoms with Crippen LogP contribution in [0.5, 0.6) is 0 Å². The Kier molecular flexibility index (Phi) is 6.23. The van der Waals surface area contributed by atoms with Gasteiger partial charge < -0.3 is 9.64 Å². The standard InChI is InChI=1S/C20H24N2O4S/c1-27(24,25)19-9-7-16(8-10-19)13-20(23)22-12-4-6-18(14-22)26-15-17-5-2-3-11-21-17/h2-3,5,7-11,18H,4,6,12-15H2,1H3. The second kappa shape index (κ2) is 8.63. The molecule has 0 radical (unpaired) electrons. The van der Waals surface area contributed by atoms with Crippen molar-refractivity contribution in [3.63, 3.8) is 0 Å². The number of piperidine rings is 1. The number of carbonyl (C=O) groups excluding carboxylic acids is 1. The van der Waals surface area contributed by atoms with E-state index >= 15 is 0 Å². The molecular weight excluding hydrogens is 364 g/mol. The van der Waals surface area contributed by atoms with Crippen molar-refractivity contribution in [2.45, 2.75) is 36.9 Å². The minimum absolute atomic E-state index is 0.0114. The first-order valence-corrected chi connectivity index (χ1v) is 10.9. The molecule has 27 heavy (non-hydrogen) atoms. The first-order valence-electron chi connectivity index (χ1n) is 9.00. The number of nitrogens with zero attached hydrogens (tertiary/aromatic N) is 2. The molecule has 1 unspecified atom stereocenters. The van der Waals surface area contributed by atoms with Crippen molar-refractivity contribution in [3.05, 3.63) is 59.9 Å². The van der Waals surface area contributed by atoms with Crippen LogP contribution in [0, 0.1) is 0 Å². The second-order valence-corrected chi connectivity index (χ2v) is 8.84. The van der Waals surface area contributed by atoms with Crippen molar-refractivity contribution in [2.24, 2.45) is 0 Å². The summed E-state index contributed by atoms with van der Waals surface area (Å²) in [6.07, 6.45) is 5.02. The molecule has 0 aliphatic carbocycles. The Bertz CT molecular complexity index is 867. The van der Waals surface area contributed by atoms with Crippen molar-refractivity contribution in [1.82, 2.24) is 9.88 Å². The monoisotopic (exact) mass is 388 g/mol. The van der Waals surface area contributed by atoms with Crippen molar-refractivity contribution in [1.29, 1.82) is 0 Å². The lowest BCUT2D eigenvalue weighted by molar-refractivity contribution is -0.134. The summed E-state index contributed by atoms with van der Waals surface area (Å²) in [7, 11) is -3.22. The summed E-state index contributed by atoms with van der Waals surface area (Å²) in [5.74, 6) is 0.0354. The summed E-state index contributed by atoms with van der Waals surface area (Å²) in [5, 5.41) is 0. The molecule has 2 aromatic rings. The SMILES string of the molecule is CS(=O)(=O)c1ccc(CC(=O)N2CCCC(OCc3ccccn3)C2)cc1. The van der Waals surface area contributed by atoms with E-state index in [0.717, 1.165) is 30.6 Å². The van der Waals surface area contributed by atoms with Gasteiger partial charge in [-0.25, -0.2) is 8.42 Å². The summed E-state index contributed by atoms with van der Waals surface area (Å²) >= 11 is 0. The summed E-state index contributed by atoms with van der Waals surface area (Å²) in [4.78, 5) is 19.0. The molecule has 0 N–H and O–H groups in total. The predicted octanol–water partition coefficient (Wildman–Crippen LogP) is 2.24. The van der Waals surface area contributed by atoms with Crippen LogP contribution in [0.15, 0.2) is 53.6 Å². The van der Waals surface area contributed by atoms with E-state index in [1.807, 2.05) is 23.1 Å². The average molecular weight is 388 g/mol. The summed E-state index contributed by atoms with van der Waals surface area (Å²) in [6.45, 7) is 1.75. The van der Waals surface area contributed by atoms with Gasteiger partial charge in [0.15, 0.2) is 9.84 Å². The van der Waals surface area contributed by atoms with E-state index < -0.39 is 9.84 Å². The molecule has 3 rings (SSSR count). The number of hydrogen-bond acceptors (Lipinski definition) is 5. The lowest BCUT2D eigenvalue weighted by Gasteiger charge is -2.32. The van der Waals surface area contributed by atoms with Gasteiger partial charge in [-0.3, -0.25) is 9.78 Å². The summed E-state index contributed by atoms with van der Waals surface area (Å²) in [6, 6.07) is 12.2. The fourth-order valence-electron chi connectivity index (χ4n) is 3.13. The first kappa shape index (κ1) is 19.5. The third-order valence-electron chi connectivity index (χ3n) is 4.63. The zero-order valence-electron chi connectivity index (χ0n) is 15.4. The number of amides is 1. The third kappa shape index (κ3) is 5.61. The Morgan fingerprint density at radius 2 is 2.00 bits per heavy atom. The highest BCUT2D eigenvalue weighted by atomic mass is 32.2. The number of aromatic nitrogens is 1. The topological polar surface area (TPSA) is 76.6 Å². The van der Waals surface area contributed by atoms with Crippen LogP contribution in [0.3, 0.4) is 0 Å². The minimum atomic E-state index is -3.22. The van der Waals surface area contributed by atoms with Gasteiger partial charge in [-0.1, -0.05) is 18.2 Å². The van der Waals surface area contributed by atoms with Gasteiger partial charge in [0.2, 0.25) is 5.91 Å². The zero-order valence-corrected chi connectivity index (χ0v) is 16.2. The number of rotatable bonds is 6. The highest BCUT2D eigenvalue weighted by Gasteiger charge is 2.24. The van der Waals surface area contributed by atoms with Gasteiger partial charge in [0.05, 0.1) is 29.7 Å². The minimum Gasteiger partial charge on any atom is -0.370 e. The molecule has 1 aromatic carbocycles. The number of hydrogen-bond donors (Lipinski definition) is 0. The van der Waals surface area contributed by atoms with Crippen molar-refractivity contribution in [2.75, 3.05) is 19.3 Å². The zero-order chi connectivity index (χ0) is 19.3. The van der Waals surface area contributed by atoms with Crippen LogP contribution in [0.1, 0.15) is 24.1 Å². The van der Waals surface area contributed by atoms with Gasteiger partial charge in [-0.05, 0) is 42.7 Å². The van der Waals surface area contributed by atoms with Crippen LogP contribution in [-0.4, -0.2) is 49.7 Å². The number of sulfone groups is 1. The molecule has 1 aromatic heterocycles. The van der Waals surface area contributed by atoms with Crippen molar-refractivity contribution in [3.8, 4) is 0 Å². The normalized spacial score (nSPS) is 17.7. The van der Waals surface area contributed by atoms with Crippen LogP contribution in [0.4, 0.5) is 0 Å². The molecule has 6 nitrogen and oxygen atoms in total. The highest BCUT2D eigenvalue weighted by molar-refractivity contribution is 7.90. The van der Waals surface area contributed by atoms with Crippen LogP contribution in [0.2, 0.25) is 0 Å². The van der Waals surface area contributed by atoms with Crippen molar-refractivity contribution < 1.29 is 17.9 Å². The van der Waals surface area contributed by atoms with Crippen LogP contribution in [-0.2, 0) is 32.4 Å². The molecule has 1 saturated heterocycles. The lowest BCUT2D eigenvalue weighted by atomic mass is 10.1. The van der Waals surface area contributed by atoms with Gasteiger partial charge in [-0.15, -0.1) is 0 Å². The highest BCUT2D eigenvalue weighted by Crippen LogP contribution is 2.17. The molecule has 1 amide bonds. The Labute approximate surface area is 160 Å². The molecule has 0 spiro atoms. The van der Waals surface area contributed by atoms with E-state index in [9.17, 15) is 13.2 Å². The Morgan fingerprint density at radius 1 is 1.22 bits per heavy atom. The van der Waals surface area contributed by atoms with Gasteiger partial charge in [-0.2, -0.15) is 0 Å². The molecule has 7 heteroatoms. The molecule has 0 bridgehead atoms. The Morgan fingerprint density at radius 3 is 2.67 bits per heavy atom. The number of ether oxygens (including phenoxy) is 1. The predicted molar refractivity (Wildman–Crippen MR) is 102 cm³/mol. The van der Waals surface area contributed by atoms with Crippen LogP contribution >= 0.6 is 0 Å². The summed E-state index contributed by atoms with van der Waals surface area (Å²) in [5.41, 5.74) is 1.69. The van der Waals surface area contributed by atoms with Gasteiger partial charge >= 0.3 is 0 Å². The molecule has 1 atom stereocenters. The van der Waals surface area contributed by atoms with Gasteiger partial charge in [0.25, 0.3) is 0 Å². The number of benzene rings is 1. The van der Waals surface area contributed by atoms with Gasteiger partial charge in [0.1, 0.15) is 0 Å². The van der Waals surface area contributed by atoms with Crippen molar-refractivity contribution >= 4 is 15.7 Å². The third-order valence-corrected chi connectivity index (χ3v) is 5.76. The average Bonchev–Trinajstić information content (AvgIpc) is 2.67. The molecule has 0 saturated carbocycles. The quantitative estimate of drug-likeness (QED) is 0.758. The number of likely N-dealkylation sites (tertiary alicyclic amines) is 1. The maximum absolute atomic E-state index is 12.6. The Balaban J connectivity index is 1.53. The fraction of sp³-hybridized carbons (Fsp3) is 0.400. The molecular formula is C20H24N2O4S. The Hall–Kier alpha value is -2.25. The van der Waals surface area contributed by atoms with E-state index in [1.54, 1.807) is 30.5 Å². The van der Waals surface area contributed by atoms with E-state index in [0.29, 0.717) is 13.2 Å². The summed E-state index contributed by atoms with van der Waals surface area (Å²) < 4.78 is 29.0. The number of carbonyl (C=O) groups is 1. The first-order chi connectivity index (χ1) is 12.9. The van der Waals surface area contributed by atoms with E-state index in [1.165, 1.54) is 6.26 Å². The second-order valence-electron chi connectivity index (χ2n) is 6.83. The molecule has 2 heterocycles. The van der Waals surface area contributed by atoms with E-state index in [2.05, 4.69) is 4.98 Å². The molecule has 1 fully saturated rings. The smallest absolute Gasteiger partial charge is 0.227 e. The maximum Gasteiger partial charge on any atom is 0.227 e. The fourth-order valence-corrected chi connectivity index (χ4v) is 3.76. The van der Waals surface area contributed by atoms with Crippen LogP contribution in [0.25, 0.3) is 0 Å². The molecule has 144 valence electrons. The van der Waals surface area contributed by atoms with E-state index in [4.69, 9.17) is 4.74 Å². The largest absolute Gasteiger partial charge is 0.370 e. The lowest BCUT2D eigenvalue weighted by Crippen LogP contribution is -2.43. The maximum atomic E-state index is 12.6.